The summed E-state index contributed by atoms with van der Waals surface area (Å²) in [5.41, 5.74) is 6.32. The number of nitrogens with zero attached hydrogens (tertiary/aromatic N) is 2. The molecule has 94 valence electrons. The van der Waals surface area contributed by atoms with Gasteiger partial charge in [0, 0.05) is 18.3 Å². The summed E-state index contributed by atoms with van der Waals surface area (Å²) in [4.78, 5) is 8.01. The Hall–Kier alpha value is -1.37. The van der Waals surface area contributed by atoms with Gasteiger partial charge in [-0.1, -0.05) is 0 Å². The van der Waals surface area contributed by atoms with Crippen LogP contribution in [0.5, 0.6) is 0 Å². The molecule has 6 nitrogen and oxygen atoms in total. The van der Waals surface area contributed by atoms with E-state index in [4.69, 9.17) is 5.73 Å². The van der Waals surface area contributed by atoms with Crippen molar-refractivity contribution in [1.29, 1.82) is 0 Å². The number of nitrogen functional groups attached to an aromatic ring is 1. The van der Waals surface area contributed by atoms with Crippen LogP contribution in [0.3, 0.4) is 0 Å². The van der Waals surface area contributed by atoms with Gasteiger partial charge in [0.05, 0.1) is 11.5 Å². The monoisotopic (exact) mass is 256 g/mol. The molecule has 7 heteroatoms. The molecule has 1 saturated heterocycles. The number of hydrogen-bond acceptors (Lipinski definition) is 6. The summed E-state index contributed by atoms with van der Waals surface area (Å²) in [6.45, 7) is 2.44. The van der Waals surface area contributed by atoms with E-state index in [1.54, 1.807) is 6.07 Å². The molecule has 0 bridgehead atoms. The molecule has 1 aromatic heterocycles. The molecule has 0 amide bonds. The van der Waals surface area contributed by atoms with Gasteiger partial charge in [-0.3, -0.25) is 0 Å². The Morgan fingerprint density at radius 3 is 2.88 bits per heavy atom. The lowest BCUT2D eigenvalue weighted by molar-refractivity contribution is 0.595. The standard InChI is InChI=1S/C10H16N4O2S/c1-7-4-9(14-10(11)13-7)12-5-8-2-3-17(15,16)6-8/h4,8H,2-3,5-6H2,1H3,(H3,11,12,13,14). The lowest BCUT2D eigenvalue weighted by Crippen LogP contribution is -2.16. The molecule has 1 aromatic rings. The number of sulfone groups is 1. The lowest BCUT2D eigenvalue weighted by atomic mass is 10.1. The van der Waals surface area contributed by atoms with E-state index in [2.05, 4.69) is 15.3 Å². The van der Waals surface area contributed by atoms with Gasteiger partial charge in [0.2, 0.25) is 5.95 Å². The van der Waals surface area contributed by atoms with Crippen LogP contribution < -0.4 is 11.1 Å². The van der Waals surface area contributed by atoms with Gasteiger partial charge >= 0.3 is 0 Å². The van der Waals surface area contributed by atoms with Gasteiger partial charge in [0.25, 0.3) is 0 Å². The highest BCUT2D eigenvalue weighted by Gasteiger charge is 2.27. The maximum Gasteiger partial charge on any atom is 0.222 e. The zero-order chi connectivity index (χ0) is 12.5. The molecular formula is C10H16N4O2S. The first-order valence-electron chi connectivity index (χ1n) is 5.50. The molecule has 0 saturated carbocycles. The maximum absolute atomic E-state index is 11.3. The zero-order valence-corrected chi connectivity index (χ0v) is 10.5. The summed E-state index contributed by atoms with van der Waals surface area (Å²) in [5, 5.41) is 3.11. The van der Waals surface area contributed by atoms with Gasteiger partial charge in [-0.25, -0.2) is 13.4 Å². The van der Waals surface area contributed by atoms with Crippen molar-refractivity contribution in [3.05, 3.63) is 11.8 Å². The van der Waals surface area contributed by atoms with Gasteiger partial charge < -0.3 is 11.1 Å². The number of anilines is 2. The predicted molar refractivity (Wildman–Crippen MR) is 66.4 cm³/mol. The number of aryl methyl sites for hydroxylation is 1. The average molecular weight is 256 g/mol. The minimum atomic E-state index is -2.81. The van der Waals surface area contributed by atoms with Crippen LogP contribution >= 0.6 is 0 Å². The smallest absolute Gasteiger partial charge is 0.222 e. The first kappa shape index (κ1) is 12.1. The normalized spacial score (nSPS) is 22.5. The Morgan fingerprint density at radius 1 is 1.53 bits per heavy atom. The van der Waals surface area contributed by atoms with E-state index in [1.807, 2.05) is 6.92 Å². The SMILES string of the molecule is Cc1cc(NCC2CCS(=O)(=O)C2)nc(N)n1. The van der Waals surface area contributed by atoms with Crippen LogP contribution in [0.1, 0.15) is 12.1 Å². The molecular weight excluding hydrogens is 240 g/mol. The largest absolute Gasteiger partial charge is 0.370 e. The molecule has 1 unspecified atom stereocenters. The summed E-state index contributed by atoms with van der Waals surface area (Å²) >= 11 is 0. The molecule has 1 aliphatic rings. The molecule has 0 radical (unpaired) electrons. The van der Waals surface area contributed by atoms with Crippen LogP contribution in [0.2, 0.25) is 0 Å². The first-order chi connectivity index (χ1) is 7.94. The van der Waals surface area contributed by atoms with Gasteiger partial charge in [0.1, 0.15) is 5.82 Å². The third-order valence-corrected chi connectivity index (χ3v) is 4.61. The minimum Gasteiger partial charge on any atom is -0.370 e. The van der Waals surface area contributed by atoms with E-state index in [9.17, 15) is 8.42 Å². The molecule has 17 heavy (non-hydrogen) atoms. The van der Waals surface area contributed by atoms with Crippen molar-refractivity contribution in [3.63, 3.8) is 0 Å². The average Bonchev–Trinajstić information content (AvgIpc) is 2.54. The van der Waals surface area contributed by atoms with E-state index in [0.717, 1.165) is 12.1 Å². The third-order valence-electron chi connectivity index (χ3n) is 2.77. The Morgan fingerprint density at radius 2 is 2.29 bits per heavy atom. The molecule has 0 aliphatic carbocycles. The van der Waals surface area contributed by atoms with Crippen molar-refractivity contribution in [1.82, 2.24) is 9.97 Å². The summed E-state index contributed by atoms with van der Waals surface area (Å²) in [6, 6.07) is 1.79. The Kier molecular flexibility index (Phi) is 3.19. The summed E-state index contributed by atoms with van der Waals surface area (Å²) in [6.07, 6.45) is 0.717. The molecule has 2 heterocycles. The van der Waals surface area contributed by atoms with Crippen LogP contribution in [0, 0.1) is 12.8 Å². The van der Waals surface area contributed by atoms with Crippen molar-refractivity contribution in [2.24, 2.45) is 5.92 Å². The Labute approximate surface area is 101 Å². The Balaban J connectivity index is 1.94. The van der Waals surface area contributed by atoms with Gasteiger partial charge in [-0.05, 0) is 19.3 Å². The maximum atomic E-state index is 11.3. The predicted octanol–water partition coefficient (Wildman–Crippen LogP) is 0.214. The molecule has 0 aromatic carbocycles. The molecule has 1 atom stereocenters. The second kappa shape index (κ2) is 4.48. The fourth-order valence-electron chi connectivity index (χ4n) is 1.96. The fourth-order valence-corrected chi connectivity index (χ4v) is 3.83. The number of nitrogens with one attached hydrogen (secondary N) is 1. The summed E-state index contributed by atoms with van der Waals surface area (Å²) in [5.74, 6) is 1.60. The highest BCUT2D eigenvalue weighted by molar-refractivity contribution is 7.91. The van der Waals surface area contributed by atoms with Crippen LogP contribution in [0.15, 0.2) is 6.07 Å². The fraction of sp³-hybridized carbons (Fsp3) is 0.600. The van der Waals surface area contributed by atoms with Crippen molar-refractivity contribution in [2.75, 3.05) is 29.1 Å². The van der Waals surface area contributed by atoms with E-state index in [0.29, 0.717) is 18.1 Å². The van der Waals surface area contributed by atoms with Crippen LogP contribution in [-0.2, 0) is 9.84 Å². The molecule has 3 N–H and O–H groups in total. The highest BCUT2D eigenvalue weighted by Crippen LogP contribution is 2.19. The van der Waals surface area contributed by atoms with Crippen molar-refractivity contribution in [2.45, 2.75) is 13.3 Å². The second-order valence-corrected chi connectivity index (χ2v) is 6.63. The molecule has 2 rings (SSSR count). The molecule has 1 fully saturated rings. The van der Waals surface area contributed by atoms with E-state index < -0.39 is 9.84 Å². The number of rotatable bonds is 3. The topological polar surface area (TPSA) is 98.0 Å². The van der Waals surface area contributed by atoms with Crippen molar-refractivity contribution < 1.29 is 8.42 Å². The molecule has 0 spiro atoms. The van der Waals surface area contributed by atoms with Crippen LogP contribution in [0.4, 0.5) is 11.8 Å². The van der Waals surface area contributed by atoms with Crippen LogP contribution in [0.25, 0.3) is 0 Å². The quantitative estimate of drug-likeness (QED) is 0.802. The minimum absolute atomic E-state index is 0.163. The van der Waals surface area contributed by atoms with Crippen LogP contribution in [-0.4, -0.2) is 36.4 Å². The summed E-state index contributed by atoms with van der Waals surface area (Å²) in [7, 11) is -2.81. The van der Waals surface area contributed by atoms with E-state index in [-0.39, 0.29) is 17.6 Å². The van der Waals surface area contributed by atoms with Crippen molar-refractivity contribution in [3.8, 4) is 0 Å². The van der Waals surface area contributed by atoms with Gasteiger partial charge in [-0.15, -0.1) is 0 Å². The van der Waals surface area contributed by atoms with Crippen molar-refractivity contribution >= 4 is 21.6 Å². The third kappa shape index (κ3) is 3.29. The van der Waals surface area contributed by atoms with E-state index >= 15 is 0 Å². The summed E-state index contributed by atoms with van der Waals surface area (Å²) < 4.78 is 22.6. The number of nitrogens with two attached hydrogens (primary N) is 1. The second-order valence-electron chi connectivity index (χ2n) is 4.40. The van der Waals surface area contributed by atoms with E-state index in [1.165, 1.54) is 0 Å². The lowest BCUT2D eigenvalue weighted by Gasteiger charge is -2.10. The number of aromatic nitrogens is 2. The zero-order valence-electron chi connectivity index (χ0n) is 9.68. The first-order valence-corrected chi connectivity index (χ1v) is 7.32. The van der Waals surface area contributed by atoms with Gasteiger partial charge in [0.15, 0.2) is 9.84 Å². The van der Waals surface area contributed by atoms with Gasteiger partial charge in [-0.2, -0.15) is 4.98 Å². The molecule has 1 aliphatic heterocycles. The Bertz CT molecular complexity index is 495. The highest BCUT2D eigenvalue weighted by atomic mass is 32.2. The number of hydrogen-bond donors (Lipinski definition) is 2.